The van der Waals surface area contributed by atoms with Crippen LogP contribution in [0.2, 0.25) is 0 Å². The second kappa shape index (κ2) is 5.66. The molecule has 0 aromatic heterocycles. The maximum absolute atomic E-state index is 8.48. The van der Waals surface area contributed by atoms with Crippen molar-refractivity contribution in [2.75, 3.05) is 21.3 Å². The van der Waals surface area contributed by atoms with Crippen molar-refractivity contribution in [2.24, 2.45) is 0 Å². The predicted molar refractivity (Wildman–Crippen MR) is 60.7 cm³/mol. The largest absolute Gasteiger partial charge is 0.493 e. The summed E-state index contributed by atoms with van der Waals surface area (Å²) in [5.74, 6) is 1.66. The summed E-state index contributed by atoms with van der Waals surface area (Å²) in [5, 5.41) is 8.48. The highest BCUT2D eigenvalue weighted by atomic mass is 16.5. The van der Waals surface area contributed by atoms with Crippen LogP contribution in [-0.2, 0) is 0 Å². The average Bonchev–Trinajstić information content (AvgIpc) is 2.34. The van der Waals surface area contributed by atoms with Crippen molar-refractivity contribution in [2.45, 2.75) is 0 Å². The molecule has 1 aromatic carbocycles. The minimum Gasteiger partial charge on any atom is -0.493 e. The van der Waals surface area contributed by atoms with Gasteiger partial charge in [-0.15, -0.1) is 0 Å². The molecule has 0 atom stereocenters. The van der Waals surface area contributed by atoms with E-state index in [1.807, 2.05) is 6.07 Å². The SMILES string of the molecule is COc1ccc(C=CC#N)c(OC)c1OC. The first-order valence-corrected chi connectivity index (χ1v) is 4.63. The summed E-state index contributed by atoms with van der Waals surface area (Å²) in [6, 6.07) is 5.49. The van der Waals surface area contributed by atoms with E-state index in [-0.39, 0.29) is 0 Å². The van der Waals surface area contributed by atoms with Gasteiger partial charge in [-0.3, -0.25) is 0 Å². The molecule has 84 valence electrons. The minimum atomic E-state index is 0.519. The van der Waals surface area contributed by atoms with E-state index >= 15 is 0 Å². The molecule has 0 amide bonds. The molecule has 0 N–H and O–H groups in total. The maximum Gasteiger partial charge on any atom is 0.203 e. The highest BCUT2D eigenvalue weighted by Crippen LogP contribution is 2.40. The molecule has 0 saturated heterocycles. The summed E-state index contributed by atoms with van der Waals surface area (Å²) in [6.45, 7) is 0. The number of benzene rings is 1. The van der Waals surface area contributed by atoms with E-state index in [4.69, 9.17) is 19.5 Å². The van der Waals surface area contributed by atoms with E-state index in [0.29, 0.717) is 17.2 Å². The number of nitrogens with zero attached hydrogens (tertiary/aromatic N) is 1. The van der Waals surface area contributed by atoms with Crippen molar-refractivity contribution in [3.05, 3.63) is 23.8 Å². The van der Waals surface area contributed by atoms with Crippen LogP contribution in [0.1, 0.15) is 5.56 Å². The molecule has 4 heteroatoms. The Bertz CT molecular complexity index is 433. The lowest BCUT2D eigenvalue weighted by Gasteiger charge is -2.13. The highest BCUT2D eigenvalue weighted by Gasteiger charge is 2.13. The fourth-order valence-corrected chi connectivity index (χ4v) is 1.38. The van der Waals surface area contributed by atoms with Crippen LogP contribution >= 0.6 is 0 Å². The zero-order valence-corrected chi connectivity index (χ0v) is 9.48. The first-order valence-electron chi connectivity index (χ1n) is 4.63. The monoisotopic (exact) mass is 219 g/mol. The summed E-state index contributed by atoms with van der Waals surface area (Å²) in [7, 11) is 4.64. The Morgan fingerprint density at radius 1 is 1.06 bits per heavy atom. The number of hydrogen-bond donors (Lipinski definition) is 0. The van der Waals surface area contributed by atoms with Crippen LogP contribution in [0.25, 0.3) is 6.08 Å². The third kappa shape index (κ3) is 2.26. The van der Waals surface area contributed by atoms with Gasteiger partial charge in [0.05, 0.1) is 27.4 Å². The second-order valence-corrected chi connectivity index (χ2v) is 2.89. The van der Waals surface area contributed by atoms with Crippen molar-refractivity contribution in [1.82, 2.24) is 0 Å². The Hall–Kier alpha value is -2.15. The number of methoxy groups -OCH3 is 3. The van der Waals surface area contributed by atoms with Crippen molar-refractivity contribution < 1.29 is 14.2 Å². The lowest BCUT2D eigenvalue weighted by atomic mass is 10.1. The molecule has 0 bridgehead atoms. The Kier molecular flexibility index (Phi) is 4.22. The summed E-state index contributed by atoms with van der Waals surface area (Å²) < 4.78 is 15.6. The lowest BCUT2D eigenvalue weighted by Crippen LogP contribution is -1.96. The molecular formula is C12H13NO3. The van der Waals surface area contributed by atoms with Crippen molar-refractivity contribution in [1.29, 1.82) is 5.26 Å². The fourth-order valence-electron chi connectivity index (χ4n) is 1.38. The number of rotatable bonds is 4. The van der Waals surface area contributed by atoms with Gasteiger partial charge in [0.15, 0.2) is 11.5 Å². The lowest BCUT2D eigenvalue weighted by molar-refractivity contribution is 0.324. The highest BCUT2D eigenvalue weighted by molar-refractivity contribution is 5.67. The van der Waals surface area contributed by atoms with Crippen molar-refractivity contribution in [3.8, 4) is 23.3 Å². The Morgan fingerprint density at radius 3 is 2.25 bits per heavy atom. The van der Waals surface area contributed by atoms with Crippen LogP contribution in [0.3, 0.4) is 0 Å². The van der Waals surface area contributed by atoms with Crippen LogP contribution in [0, 0.1) is 11.3 Å². The van der Waals surface area contributed by atoms with Crippen molar-refractivity contribution >= 4 is 6.08 Å². The molecule has 16 heavy (non-hydrogen) atoms. The Morgan fingerprint density at radius 2 is 1.75 bits per heavy atom. The number of ether oxygens (including phenoxy) is 3. The molecule has 0 saturated carbocycles. The molecular weight excluding hydrogens is 206 g/mol. The zero-order chi connectivity index (χ0) is 12.0. The molecule has 0 unspecified atom stereocenters. The minimum absolute atomic E-state index is 0.519. The van der Waals surface area contributed by atoms with Crippen LogP contribution in [0.4, 0.5) is 0 Å². The van der Waals surface area contributed by atoms with Gasteiger partial charge in [0.2, 0.25) is 5.75 Å². The quantitative estimate of drug-likeness (QED) is 0.729. The fraction of sp³-hybridized carbons (Fsp3) is 0.250. The van der Waals surface area contributed by atoms with Gasteiger partial charge in [-0.25, -0.2) is 0 Å². The standard InChI is InChI=1S/C12H13NO3/c1-14-10-7-6-9(5-4-8-13)11(15-2)12(10)16-3/h4-7H,1-3H3. The molecule has 4 nitrogen and oxygen atoms in total. The van der Waals surface area contributed by atoms with Gasteiger partial charge in [-0.05, 0) is 18.2 Å². The Balaban J connectivity index is 3.32. The van der Waals surface area contributed by atoms with Gasteiger partial charge >= 0.3 is 0 Å². The number of nitriles is 1. The molecule has 0 spiro atoms. The Labute approximate surface area is 94.7 Å². The second-order valence-electron chi connectivity index (χ2n) is 2.89. The molecule has 0 aliphatic carbocycles. The predicted octanol–water partition coefficient (Wildman–Crippen LogP) is 2.25. The molecule has 0 fully saturated rings. The summed E-state index contributed by atoms with van der Waals surface area (Å²) in [4.78, 5) is 0. The third-order valence-electron chi connectivity index (χ3n) is 2.07. The summed E-state index contributed by atoms with van der Waals surface area (Å²) in [5.41, 5.74) is 0.765. The van der Waals surface area contributed by atoms with E-state index in [1.165, 1.54) is 13.2 Å². The summed E-state index contributed by atoms with van der Waals surface area (Å²) >= 11 is 0. The average molecular weight is 219 g/mol. The van der Waals surface area contributed by atoms with Gasteiger partial charge in [-0.2, -0.15) is 5.26 Å². The first kappa shape index (κ1) is 11.9. The van der Waals surface area contributed by atoms with Crippen LogP contribution in [0.5, 0.6) is 17.2 Å². The summed E-state index contributed by atoms with van der Waals surface area (Å²) in [6.07, 6.45) is 3.03. The molecule has 0 radical (unpaired) electrons. The van der Waals surface area contributed by atoms with Crippen molar-refractivity contribution in [3.63, 3.8) is 0 Å². The smallest absolute Gasteiger partial charge is 0.203 e. The van der Waals surface area contributed by atoms with Gasteiger partial charge in [-0.1, -0.05) is 0 Å². The van der Waals surface area contributed by atoms with Gasteiger partial charge < -0.3 is 14.2 Å². The van der Waals surface area contributed by atoms with Gasteiger partial charge in [0.25, 0.3) is 0 Å². The van der Waals surface area contributed by atoms with Crippen LogP contribution in [0.15, 0.2) is 18.2 Å². The van der Waals surface area contributed by atoms with E-state index in [9.17, 15) is 0 Å². The van der Waals surface area contributed by atoms with E-state index in [2.05, 4.69) is 0 Å². The van der Waals surface area contributed by atoms with Crippen LogP contribution in [-0.4, -0.2) is 21.3 Å². The molecule has 1 aromatic rings. The normalized spacial score (nSPS) is 9.88. The topological polar surface area (TPSA) is 51.5 Å². The number of allylic oxidation sites excluding steroid dienone is 1. The van der Waals surface area contributed by atoms with E-state index in [1.54, 1.807) is 32.4 Å². The zero-order valence-electron chi connectivity index (χ0n) is 9.48. The number of hydrogen-bond acceptors (Lipinski definition) is 4. The van der Waals surface area contributed by atoms with Crippen LogP contribution < -0.4 is 14.2 Å². The molecule has 0 aliphatic heterocycles. The maximum atomic E-state index is 8.48. The molecule has 0 aliphatic rings. The van der Waals surface area contributed by atoms with E-state index in [0.717, 1.165) is 5.56 Å². The van der Waals surface area contributed by atoms with Gasteiger partial charge in [0, 0.05) is 11.6 Å². The van der Waals surface area contributed by atoms with Gasteiger partial charge in [0.1, 0.15) is 0 Å². The molecule has 0 heterocycles. The molecule has 1 rings (SSSR count). The first-order chi connectivity index (χ1) is 7.78. The third-order valence-corrected chi connectivity index (χ3v) is 2.07. The van der Waals surface area contributed by atoms with E-state index < -0.39 is 0 Å².